The third-order valence-corrected chi connectivity index (χ3v) is 4.13. The number of benzene rings is 1. The Morgan fingerprint density at radius 1 is 1.58 bits per heavy atom. The second-order valence-corrected chi connectivity index (χ2v) is 5.49. The van der Waals surface area contributed by atoms with Crippen LogP contribution in [0.4, 0.5) is 0 Å². The molecule has 1 aliphatic heterocycles. The van der Waals surface area contributed by atoms with Gasteiger partial charge in [-0.2, -0.15) is 0 Å². The van der Waals surface area contributed by atoms with Crippen molar-refractivity contribution < 1.29 is 9.90 Å². The van der Waals surface area contributed by atoms with Gasteiger partial charge in [-0.3, -0.25) is 4.79 Å². The predicted molar refractivity (Wildman–Crippen MR) is 75.4 cm³/mol. The molecule has 2 unspecified atom stereocenters. The van der Waals surface area contributed by atoms with Crippen molar-refractivity contribution in [3.63, 3.8) is 0 Å². The quantitative estimate of drug-likeness (QED) is 0.874. The molecule has 1 aromatic carbocycles. The van der Waals surface area contributed by atoms with Gasteiger partial charge in [-0.25, -0.2) is 0 Å². The van der Waals surface area contributed by atoms with Crippen LogP contribution in [0.25, 0.3) is 0 Å². The van der Waals surface area contributed by atoms with Crippen LogP contribution in [-0.4, -0.2) is 35.0 Å². The van der Waals surface area contributed by atoms with E-state index >= 15 is 0 Å². The maximum atomic E-state index is 12.6. The molecule has 0 bridgehead atoms. The number of piperidine rings is 1. The number of nitrogens with two attached hydrogens (primary N) is 1. The molecule has 1 saturated heterocycles. The molecule has 1 aromatic rings. The van der Waals surface area contributed by atoms with Crippen LogP contribution in [-0.2, 0) is 0 Å². The molecular weight excluding hydrogens is 264 g/mol. The zero-order chi connectivity index (χ0) is 14.0. The van der Waals surface area contributed by atoms with Gasteiger partial charge in [0.15, 0.2) is 0 Å². The minimum atomic E-state index is -0.150. The van der Waals surface area contributed by atoms with Gasteiger partial charge in [0.2, 0.25) is 0 Å². The summed E-state index contributed by atoms with van der Waals surface area (Å²) >= 11 is 6.05. The molecule has 1 heterocycles. The number of carbonyl (C=O) groups is 1. The number of nitrogens with zero attached hydrogens (tertiary/aromatic N) is 1. The molecule has 4 nitrogen and oxygen atoms in total. The molecule has 5 heteroatoms. The van der Waals surface area contributed by atoms with Crippen LogP contribution in [0.15, 0.2) is 18.2 Å². The molecule has 19 heavy (non-hydrogen) atoms. The van der Waals surface area contributed by atoms with Crippen LogP contribution in [0, 0.1) is 5.92 Å². The summed E-state index contributed by atoms with van der Waals surface area (Å²) in [5.74, 6) is 0.281. The van der Waals surface area contributed by atoms with Crippen molar-refractivity contribution >= 4 is 17.5 Å². The van der Waals surface area contributed by atoms with Gasteiger partial charge < -0.3 is 15.7 Å². The SMILES string of the molecule is CC1CCCN(C(=O)c2cc(O)ccc2Cl)C1CN. The van der Waals surface area contributed by atoms with Crippen LogP contribution in [0.5, 0.6) is 5.75 Å². The molecule has 0 aromatic heterocycles. The lowest BCUT2D eigenvalue weighted by molar-refractivity contribution is 0.0532. The Labute approximate surface area is 118 Å². The third-order valence-electron chi connectivity index (χ3n) is 3.80. The average molecular weight is 283 g/mol. The van der Waals surface area contributed by atoms with Crippen molar-refractivity contribution in [3.05, 3.63) is 28.8 Å². The summed E-state index contributed by atoms with van der Waals surface area (Å²) in [6.45, 7) is 3.25. The highest BCUT2D eigenvalue weighted by molar-refractivity contribution is 6.33. The number of carbonyl (C=O) groups excluding carboxylic acids is 1. The van der Waals surface area contributed by atoms with E-state index in [1.54, 1.807) is 4.90 Å². The van der Waals surface area contributed by atoms with Crippen molar-refractivity contribution in [2.45, 2.75) is 25.8 Å². The molecule has 0 aliphatic carbocycles. The van der Waals surface area contributed by atoms with Crippen LogP contribution in [0.1, 0.15) is 30.1 Å². The van der Waals surface area contributed by atoms with Gasteiger partial charge in [-0.05, 0) is 37.0 Å². The van der Waals surface area contributed by atoms with Gasteiger partial charge in [-0.15, -0.1) is 0 Å². The fourth-order valence-corrected chi connectivity index (χ4v) is 2.89. The van der Waals surface area contributed by atoms with Gasteiger partial charge in [-0.1, -0.05) is 18.5 Å². The van der Waals surface area contributed by atoms with Crippen molar-refractivity contribution in [2.75, 3.05) is 13.1 Å². The van der Waals surface area contributed by atoms with E-state index in [4.69, 9.17) is 17.3 Å². The lowest BCUT2D eigenvalue weighted by atomic mass is 9.90. The largest absolute Gasteiger partial charge is 0.508 e. The van der Waals surface area contributed by atoms with E-state index in [1.807, 2.05) is 0 Å². The number of hydrogen-bond acceptors (Lipinski definition) is 3. The van der Waals surface area contributed by atoms with E-state index in [1.165, 1.54) is 18.2 Å². The van der Waals surface area contributed by atoms with Crippen molar-refractivity contribution in [1.82, 2.24) is 4.90 Å². The standard InChI is InChI=1S/C14H19ClN2O2/c1-9-3-2-6-17(13(9)8-16)14(19)11-7-10(18)4-5-12(11)15/h4-5,7,9,13,18H,2-3,6,8,16H2,1H3. The zero-order valence-electron chi connectivity index (χ0n) is 11.0. The first-order valence-electron chi connectivity index (χ1n) is 6.54. The highest BCUT2D eigenvalue weighted by atomic mass is 35.5. The minimum Gasteiger partial charge on any atom is -0.508 e. The number of aromatic hydroxyl groups is 1. The number of phenols is 1. The Kier molecular flexibility index (Phi) is 4.32. The van der Waals surface area contributed by atoms with Gasteiger partial charge in [0.25, 0.3) is 5.91 Å². The van der Waals surface area contributed by atoms with Gasteiger partial charge in [0.05, 0.1) is 10.6 Å². The smallest absolute Gasteiger partial charge is 0.255 e. The summed E-state index contributed by atoms with van der Waals surface area (Å²) in [6, 6.07) is 4.46. The average Bonchev–Trinajstić information content (AvgIpc) is 2.40. The number of amides is 1. The minimum absolute atomic E-state index is 0.0414. The molecule has 1 amide bonds. The van der Waals surface area contributed by atoms with E-state index in [9.17, 15) is 9.90 Å². The summed E-state index contributed by atoms with van der Waals surface area (Å²) in [5.41, 5.74) is 6.13. The second-order valence-electron chi connectivity index (χ2n) is 5.09. The van der Waals surface area contributed by atoms with Gasteiger partial charge in [0.1, 0.15) is 5.75 Å². The molecule has 2 rings (SSSR count). The molecule has 2 atom stereocenters. The zero-order valence-corrected chi connectivity index (χ0v) is 11.7. The van der Waals surface area contributed by atoms with Crippen molar-refractivity contribution in [3.8, 4) is 5.75 Å². The van der Waals surface area contributed by atoms with Crippen LogP contribution >= 0.6 is 11.6 Å². The van der Waals surface area contributed by atoms with Crippen molar-refractivity contribution in [2.24, 2.45) is 11.7 Å². The van der Waals surface area contributed by atoms with Crippen molar-refractivity contribution in [1.29, 1.82) is 0 Å². The number of rotatable bonds is 2. The lowest BCUT2D eigenvalue weighted by Gasteiger charge is -2.39. The first kappa shape index (κ1) is 14.2. The molecule has 0 saturated carbocycles. The van der Waals surface area contributed by atoms with Crippen LogP contribution < -0.4 is 5.73 Å². The van der Waals surface area contributed by atoms with E-state index in [2.05, 4.69) is 6.92 Å². The normalized spacial score (nSPS) is 23.4. The van der Waals surface area contributed by atoms with Gasteiger partial charge >= 0.3 is 0 Å². The Morgan fingerprint density at radius 3 is 3.00 bits per heavy atom. The summed E-state index contributed by atoms with van der Waals surface area (Å²) in [5, 5.41) is 9.86. The molecule has 1 fully saturated rings. The lowest BCUT2D eigenvalue weighted by Crippen LogP contribution is -2.51. The highest BCUT2D eigenvalue weighted by Gasteiger charge is 2.32. The Bertz CT molecular complexity index is 479. The second kappa shape index (κ2) is 5.80. The molecular formula is C14H19ClN2O2. The van der Waals surface area contributed by atoms with E-state index in [0.29, 0.717) is 29.6 Å². The van der Waals surface area contributed by atoms with Gasteiger partial charge in [0, 0.05) is 19.1 Å². The molecule has 104 valence electrons. The number of phenolic OH excluding ortho intramolecular Hbond substituents is 1. The topological polar surface area (TPSA) is 66.6 Å². The maximum absolute atomic E-state index is 12.6. The van der Waals surface area contributed by atoms with Crippen LogP contribution in [0.3, 0.4) is 0 Å². The Morgan fingerprint density at radius 2 is 2.32 bits per heavy atom. The third kappa shape index (κ3) is 2.85. The number of halogens is 1. The summed E-state index contributed by atoms with van der Waals surface area (Å²) < 4.78 is 0. The molecule has 1 aliphatic rings. The molecule has 0 radical (unpaired) electrons. The van der Waals surface area contributed by atoms with Crippen LogP contribution in [0.2, 0.25) is 5.02 Å². The van der Waals surface area contributed by atoms with E-state index < -0.39 is 0 Å². The first-order chi connectivity index (χ1) is 9.04. The molecule has 0 spiro atoms. The summed E-state index contributed by atoms with van der Waals surface area (Å²) in [4.78, 5) is 14.3. The summed E-state index contributed by atoms with van der Waals surface area (Å²) in [6.07, 6.45) is 2.05. The fraction of sp³-hybridized carbons (Fsp3) is 0.500. The first-order valence-corrected chi connectivity index (χ1v) is 6.92. The van der Waals surface area contributed by atoms with E-state index in [0.717, 1.165) is 12.8 Å². The maximum Gasteiger partial charge on any atom is 0.255 e. The highest BCUT2D eigenvalue weighted by Crippen LogP contribution is 2.28. The monoisotopic (exact) mass is 282 g/mol. The Balaban J connectivity index is 2.29. The molecule has 3 N–H and O–H groups in total. The van der Waals surface area contributed by atoms with E-state index in [-0.39, 0.29) is 17.7 Å². The summed E-state index contributed by atoms with van der Waals surface area (Å²) in [7, 11) is 0. The number of hydrogen-bond donors (Lipinski definition) is 2. The predicted octanol–water partition coefficient (Wildman–Crippen LogP) is 2.25. The fourth-order valence-electron chi connectivity index (χ4n) is 2.69. The number of likely N-dealkylation sites (tertiary alicyclic amines) is 1. The Hall–Kier alpha value is -1.26.